The second-order valence-electron chi connectivity index (χ2n) is 9.68. The molecule has 2 unspecified atom stereocenters. The van der Waals surface area contributed by atoms with Crippen LogP contribution in [0.3, 0.4) is 0 Å². The zero-order valence-corrected chi connectivity index (χ0v) is 21.3. The van der Waals surface area contributed by atoms with Crippen molar-refractivity contribution in [1.82, 2.24) is 9.97 Å². The van der Waals surface area contributed by atoms with Crippen LogP contribution >= 0.6 is 0 Å². The van der Waals surface area contributed by atoms with E-state index >= 15 is 0 Å². The molecule has 1 aromatic heterocycles. The fraction of sp³-hybridized carbons (Fsp3) is 0.0571. The van der Waals surface area contributed by atoms with Crippen LogP contribution < -0.4 is 4.90 Å². The smallest absolute Gasteiger partial charge is 0.160 e. The van der Waals surface area contributed by atoms with Gasteiger partial charge in [0.05, 0.1) is 23.5 Å². The predicted octanol–water partition coefficient (Wildman–Crippen LogP) is 7.61. The molecule has 0 saturated carbocycles. The van der Waals surface area contributed by atoms with Gasteiger partial charge >= 0.3 is 0 Å². The third-order valence-electron chi connectivity index (χ3n) is 7.15. The molecule has 0 fully saturated rings. The number of benzene rings is 4. The topological polar surface area (TPSA) is 41.4 Å². The largest absolute Gasteiger partial charge is 0.317 e. The van der Waals surface area contributed by atoms with Crippen LogP contribution in [-0.4, -0.2) is 27.9 Å². The lowest BCUT2D eigenvalue weighted by Gasteiger charge is -2.29. The number of hydrogen-bond acceptors (Lipinski definition) is 4. The molecule has 4 heteroatoms. The van der Waals surface area contributed by atoms with Gasteiger partial charge in [-0.15, -0.1) is 0 Å². The summed E-state index contributed by atoms with van der Waals surface area (Å²) in [5.41, 5.74) is 7.05. The first-order valence-electron chi connectivity index (χ1n) is 13.2. The summed E-state index contributed by atoms with van der Waals surface area (Å²) in [6, 6.07) is 41.8. The molecule has 0 spiro atoms. The van der Waals surface area contributed by atoms with E-state index in [4.69, 9.17) is 15.0 Å². The van der Waals surface area contributed by atoms with E-state index in [0.717, 1.165) is 45.2 Å². The zero-order valence-electron chi connectivity index (χ0n) is 21.3. The number of amidine groups is 1. The van der Waals surface area contributed by atoms with E-state index in [2.05, 4.69) is 108 Å². The number of rotatable bonds is 5. The molecule has 0 saturated heterocycles. The lowest BCUT2D eigenvalue weighted by atomic mass is 10.0. The standard InChI is InChI=1S/C35H26N4/c1-4-13-25(14-5-1)31-24-32(26-15-6-2-7-16-26)37-34(36-31)27-17-12-18-28(23-27)35-38-30-21-10-11-22-33(30)39(35)29-19-8-3-9-20-29/h1-24,30,33H. The molecule has 186 valence electrons. The first kappa shape index (κ1) is 23.1. The maximum absolute atomic E-state index is 5.17. The van der Waals surface area contributed by atoms with Gasteiger partial charge in [0.2, 0.25) is 0 Å². The Morgan fingerprint density at radius 2 is 1.08 bits per heavy atom. The Morgan fingerprint density at radius 1 is 0.513 bits per heavy atom. The van der Waals surface area contributed by atoms with Crippen molar-refractivity contribution in [3.05, 3.63) is 151 Å². The Labute approximate surface area is 228 Å². The number of allylic oxidation sites excluding steroid dienone is 2. The van der Waals surface area contributed by atoms with Crippen molar-refractivity contribution in [1.29, 1.82) is 0 Å². The molecule has 7 rings (SSSR count). The monoisotopic (exact) mass is 502 g/mol. The van der Waals surface area contributed by atoms with Crippen LogP contribution in [0.25, 0.3) is 33.9 Å². The molecule has 4 aromatic carbocycles. The highest BCUT2D eigenvalue weighted by atomic mass is 15.3. The SMILES string of the molecule is C1=CC2N=C(c3cccc(-c4nc(-c5ccccc5)cc(-c5ccccc5)n4)c3)N(c3ccccc3)C2C=C1. The van der Waals surface area contributed by atoms with Gasteiger partial charge < -0.3 is 4.90 Å². The van der Waals surface area contributed by atoms with Gasteiger partial charge in [-0.25, -0.2) is 9.97 Å². The molecule has 0 amide bonds. The average molecular weight is 503 g/mol. The van der Waals surface area contributed by atoms with Crippen molar-refractivity contribution in [3.63, 3.8) is 0 Å². The minimum atomic E-state index is 0.0798. The molecule has 0 bridgehead atoms. The van der Waals surface area contributed by atoms with E-state index < -0.39 is 0 Å². The molecule has 0 radical (unpaired) electrons. The number of para-hydroxylation sites is 1. The highest BCUT2D eigenvalue weighted by molar-refractivity contribution is 6.12. The number of anilines is 1. The van der Waals surface area contributed by atoms with Gasteiger partial charge in [0.15, 0.2) is 5.82 Å². The van der Waals surface area contributed by atoms with Crippen LogP contribution in [0.2, 0.25) is 0 Å². The summed E-state index contributed by atoms with van der Waals surface area (Å²) < 4.78 is 0. The van der Waals surface area contributed by atoms with Gasteiger partial charge in [0.1, 0.15) is 5.84 Å². The molecule has 0 N–H and O–H groups in total. The number of hydrogen-bond donors (Lipinski definition) is 0. The van der Waals surface area contributed by atoms with Crippen LogP contribution in [0.4, 0.5) is 5.69 Å². The Balaban J connectivity index is 1.34. The van der Waals surface area contributed by atoms with Crippen LogP contribution in [0.15, 0.2) is 151 Å². The summed E-state index contributed by atoms with van der Waals surface area (Å²) in [6.45, 7) is 0. The molecule has 2 atom stereocenters. The van der Waals surface area contributed by atoms with Crippen molar-refractivity contribution in [3.8, 4) is 33.9 Å². The number of fused-ring (bicyclic) bond motifs is 1. The van der Waals surface area contributed by atoms with E-state index in [9.17, 15) is 0 Å². The van der Waals surface area contributed by atoms with Gasteiger partial charge in [-0.3, -0.25) is 4.99 Å². The van der Waals surface area contributed by atoms with E-state index in [1.54, 1.807) is 0 Å². The maximum Gasteiger partial charge on any atom is 0.160 e. The van der Waals surface area contributed by atoms with Crippen molar-refractivity contribution >= 4 is 11.5 Å². The average Bonchev–Trinajstić information content (AvgIpc) is 3.42. The van der Waals surface area contributed by atoms with Gasteiger partial charge in [-0.1, -0.05) is 121 Å². The second-order valence-corrected chi connectivity index (χ2v) is 9.68. The van der Waals surface area contributed by atoms with E-state index in [0.29, 0.717) is 5.82 Å². The number of aromatic nitrogens is 2. The highest BCUT2D eigenvalue weighted by Gasteiger charge is 2.35. The highest BCUT2D eigenvalue weighted by Crippen LogP contribution is 2.33. The predicted molar refractivity (Wildman–Crippen MR) is 160 cm³/mol. The van der Waals surface area contributed by atoms with Gasteiger partial charge in [-0.05, 0) is 24.3 Å². The fourth-order valence-corrected chi connectivity index (χ4v) is 5.27. The molecule has 1 aliphatic heterocycles. The summed E-state index contributed by atoms with van der Waals surface area (Å²) >= 11 is 0. The third-order valence-corrected chi connectivity index (χ3v) is 7.15. The lowest BCUT2D eigenvalue weighted by Crippen LogP contribution is -2.39. The minimum Gasteiger partial charge on any atom is -0.317 e. The number of nitrogens with zero attached hydrogens (tertiary/aromatic N) is 4. The van der Waals surface area contributed by atoms with Crippen molar-refractivity contribution in [2.75, 3.05) is 4.90 Å². The summed E-state index contributed by atoms with van der Waals surface area (Å²) in [4.78, 5) is 17.6. The molecular weight excluding hydrogens is 476 g/mol. The van der Waals surface area contributed by atoms with E-state index in [1.807, 2.05) is 42.5 Å². The van der Waals surface area contributed by atoms with Crippen molar-refractivity contribution in [2.24, 2.45) is 4.99 Å². The zero-order chi connectivity index (χ0) is 26.0. The Kier molecular flexibility index (Phi) is 5.91. The Bertz CT molecular complexity index is 1650. The van der Waals surface area contributed by atoms with E-state index in [-0.39, 0.29) is 12.1 Å². The first-order chi connectivity index (χ1) is 19.3. The minimum absolute atomic E-state index is 0.0798. The summed E-state index contributed by atoms with van der Waals surface area (Å²) in [5.74, 6) is 1.65. The van der Waals surface area contributed by atoms with Gasteiger partial charge in [0.25, 0.3) is 0 Å². The number of aliphatic imine (C=N–C) groups is 1. The van der Waals surface area contributed by atoms with Crippen LogP contribution in [0.1, 0.15) is 5.56 Å². The molecule has 1 aliphatic carbocycles. The van der Waals surface area contributed by atoms with Crippen molar-refractivity contribution in [2.45, 2.75) is 12.1 Å². The molecule has 5 aromatic rings. The Hall–Kier alpha value is -5.09. The molecule has 2 aliphatic rings. The van der Waals surface area contributed by atoms with Gasteiger partial charge in [0, 0.05) is 27.9 Å². The molecule has 39 heavy (non-hydrogen) atoms. The third kappa shape index (κ3) is 4.47. The summed E-state index contributed by atoms with van der Waals surface area (Å²) in [7, 11) is 0. The summed E-state index contributed by atoms with van der Waals surface area (Å²) in [6.07, 6.45) is 8.61. The molecule has 2 heterocycles. The van der Waals surface area contributed by atoms with Crippen LogP contribution in [0.5, 0.6) is 0 Å². The second kappa shape index (κ2) is 9.99. The fourth-order valence-electron chi connectivity index (χ4n) is 5.27. The molecule has 4 nitrogen and oxygen atoms in total. The molecular formula is C35H26N4. The van der Waals surface area contributed by atoms with Crippen LogP contribution in [-0.2, 0) is 0 Å². The lowest BCUT2D eigenvalue weighted by molar-refractivity contribution is 0.739. The van der Waals surface area contributed by atoms with E-state index in [1.165, 1.54) is 0 Å². The van der Waals surface area contributed by atoms with Crippen molar-refractivity contribution < 1.29 is 0 Å². The normalized spacial score (nSPS) is 17.6. The van der Waals surface area contributed by atoms with Gasteiger partial charge in [-0.2, -0.15) is 0 Å². The maximum atomic E-state index is 5.17. The Morgan fingerprint density at radius 3 is 1.74 bits per heavy atom. The summed E-state index contributed by atoms with van der Waals surface area (Å²) in [5, 5.41) is 0. The van der Waals surface area contributed by atoms with Crippen LogP contribution in [0, 0.1) is 0 Å². The quantitative estimate of drug-likeness (QED) is 0.248. The first-order valence-corrected chi connectivity index (χ1v) is 13.2.